The highest BCUT2D eigenvalue weighted by Crippen LogP contribution is 2.26. The van der Waals surface area contributed by atoms with Crippen molar-refractivity contribution in [3.8, 4) is 11.5 Å². The summed E-state index contributed by atoms with van der Waals surface area (Å²) in [6.45, 7) is 3.25. The van der Waals surface area contributed by atoms with Gasteiger partial charge in [0.25, 0.3) is 5.91 Å². The van der Waals surface area contributed by atoms with Crippen LogP contribution in [0.1, 0.15) is 28.8 Å². The van der Waals surface area contributed by atoms with Crippen LogP contribution in [0.2, 0.25) is 0 Å². The fourth-order valence-corrected chi connectivity index (χ4v) is 4.08. The highest BCUT2D eigenvalue weighted by Gasteiger charge is 2.23. The Hall–Kier alpha value is -3.06. The van der Waals surface area contributed by atoms with E-state index in [0.717, 1.165) is 53.9 Å². The average molecular weight is 424 g/mol. The van der Waals surface area contributed by atoms with E-state index >= 15 is 0 Å². The first-order chi connectivity index (χ1) is 15.2. The van der Waals surface area contributed by atoms with E-state index in [2.05, 4.69) is 9.55 Å². The van der Waals surface area contributed by atoms with E-state index in [1.807, 2.05) is 41.4 Å². The highest BCUT2D eigenvalue weighted by atomic mass is 16.5. The summed E-state index contributed by atoms with van der Waals surface area (Å²) in [4.78, 5) is 19.4. The molecule has 7 nitrogen and oxygen atoms in total. The van der Waals surface area contributed by atoms with Crippen molar-refractivity contribution in [3.05, 3.63) is 53.9 Å². The molecule has 1 aliphatic heterocycles. The normalized spacial score (nSPS) is 14.1. The average Bonchev–Trinajstić information content (AvgIpc) is 3.20. The Balaban J connectivity index is 1.45. The van der Waals surface area contributed by atoms with Gasteiger partial charge >= 0.3 is 0 Å². The SMILES string of the molecule is COc1ccc(OC)c(CCCCn2cc(C(=O)N3CCOCC3)c3ncccc32)c1. The highest BCUT2D eigenvalue weighted by molar-refractivity contribution is 6.05. The molecule has 31 heavy (non-hydrogen) atoms. The fourth-order valence-electron chi connectivity index (χ4n) is 4.08. The molecule has 1 aromatic carbocycles. The minimum Gasteiger partial charge on any atom is -0.497 e. The second-order valence-corrected chi connectivity index (χ2v) is 7.65. The maximum Gasteiger partial charge on any atom is 0.257 e. The van der Waals surface area contributed by atoms with E-state index in [0.29, 0.717) is 31.9 Å². The molecule has 0 saturated carbocycles. The Kier molecular flexibility index (Phi) is 6.72. The first-order valence-corrected chi connectivity index (χ1v) is 10.7. The summed E-state index contributed by atoms with van der Waals surface area (Å²) >= 11 is 0. The predicted molar refractivity (Wildman–Crippen MR) is 119 cm³/mol. The van der Waals surface area contributed by atoms with E-state index < -0.39 is 0 Å². The van der Waals surface area contributed by atoms with Crippen molar-refractivity contribution in [1.29, 1.82) is 0 Å². The van der Waals surface area contributed by atoms with Crippen LogP contribution < -0.4 is 9.47 Å². The number of hydrogen-bond acceptors (Lipinski definition) is 5. The standard InChI is InChI=1S/C24H29N3O4/c1-29-19-8-9-22(30-2)18(16-19)6-3-4-11-27-17-20(23-21(27)7-5-10-25-23)24(28)26-12-14-31-15-13-26/h5,7-10,16-17H,3-4,6,11-15H2,1-2H3. The van der Waals surface area contributed by atoms with Gasteiger partial charge in [-0.15, -0.1) is 0 Å². The molecule has 164 valence electrons. The van der Waals surface area contributed by atoms with Gasteiger partial charge in [-0.05, 0) is 55.2 Å². The Morgan fingerprint density at radius 2 is 1.97 bits per heavy atom. The van der Waals surface area contributed by atoms with E-state index in [1.165, 1.54) is 0 Å². The molecule has 1 aliphatic rings. The molecule has 0 bridgehead atoms. The van der Waals surface area contributed by atoms with Crippen molar-refractivity contribution < 1.29 is 19.0 Å². The summed E-state index contributed by atoms with van der Waals surface area (Å²) in [6, 6.07) is 9.84. The summed E-state index contributed by atoms with van der Waals surface area (Å²) in [5.41, 5.74) is 3.59. The molecular formula is C24H29N3O4. The second kappa shape index (κ2) is 9.83. The van der Waals surface area contributed by atoms with Crippen molar-refractivity contribution >= 4 is 16.9 Å². The third-order valence-electron chi connectivity index (χ3n) is 5.75. The number of aryl methyl sites for hydroxylation is 2. The van der Waals surface area contributed by atoms with Gasteiger partial charge < -0.3 is 23.7 Å². The van der Waals surface area contributed by atoms with Crippen LogP contribution in [-0.2, 0) is 17.7 Å². The Bertz CT molecular complexity index is 1040. The number of rotatable bonds is 8. The monoisotopic (exact) mass is 423 g/mol. The van der Waals surface area contributed by atoms with Gasteiger partial charge in [0.05, 0.1) is 38.5 Å². The number of aromatic nitrogens is 2. The molecule has 7 heteroatoms. The van der Waals surface area contributed by atoms with Crippen molar-refractivity contribution in [1.82, 2.24) is 14.5 Å². The van der Waals surface area contributed by atoms with Gasteiger partial charge in [-0.3, -0.25) is 9.78 Å². The van der Waals surface area contributed by atoms with Crippen LogP contribution in [0.3, 0.4) is 0 Å². The zero-order valence-electron chi connectivity index (χ0n) is 18.2. The summed E-state index contributed by atoms with van der Waals surface area (Å²) in [5, 5.41) is 0. The molecule has 1 fully saturated rings. The minimum atomic E-state index is 0.0341. The Labute approximate surface area is 182 Å². The van der Waals surface area contributed by atoms with E-state index in [9.17, 15) is 4.79 Å². The zero-order valence-corrected chi connectivity index (χ0v) is 18.2. The number of nitrogens with zero attached hydrogens (tertiary/aromatic N) is 3. The quantitative estimate of drug-likeness (QED) is 0.519. The van der Waals surface area contributed by atoms with E-state index in [-0.39, 0.29) is 5.91 Å². The number of unbranched alkanes of at least 4 members (excludes halogenated alkanes) is 1. The number of pyridine rings is 1. The molecule has 3 aromatic rings. The second-order valence-electron chi connectivity index (χ2n) is 7.65. The molecule has 0 radical (unpaired) electrons. The lowest BCUT2D eigenvalue weighted by molar-refractivity contribution is 0.0304. The van der Waals surface area contributed by atoms with Crippen molar-refractivity contribution in [2.24, 2.45) is 0 Å². The lowest BCUT2D eigenvalue weighted by atomic mass is 10.1. The molecule has 2 aromatic heterocycles. The summed E-state index contributed by atoms with van der Waals surface area (Å²) < 4.78 is 18.4. The number of ether oxygens (including phenoxy) is 3. The van der Waals surface area contributed by atoms with E-state index in [4.69, 9.17) is 14.2 Å². The summed E-state index contributed by atoms with van der Waals surface area (Å²) in [6.07, 6.45) is 6.58. The van der Waals surface area contributed by atoms with Crippen molar-refractivity contribution in [3.63, 3.8) is 0 Å². The molecule has 4 rings (SSSR count). The number of carbonyl (C=O) groups excluding carboxylic acids is 1. The maximum atomic E-state index is 13.1. The van der Waals surface area contributed by atoms with Gasteiger partial charge in [-0.2, -0.15) is 0 Å². The topological polar surface area (TPSA) is 65.8 Å². The molecule has 1 amide bonds. The molecule has 3 heterocycles. The summed E-state index contributed by atoms with van der Waals surface area (Å²) in [7, 11) is 3.36. The van der Waals surface area contributed by atoms with Gasteiger partial charge in [0.1, 0.15) is 17.0 Å². The lowest BCUT2D eigenvalue weighted by Crippen LogP contribution is -2.40. The number of amides is 1. The van der Waals surface area contributed by atoms with Gasteiger partial charge in [0, 0.05) is 32.0 Å². The smallest absolute Gasteiger partial charge is 0.257 e. The van der Waals surface area contributed by atoms with Gasteiger partial charge in [-0.25, -0.2) is 0 Å². The van der Waals surface area contributed by atoms with Crippen LogP contribution in [0.5, 0.6) is 11.5 Å². The largest absolute Gasteiger partial charge is 0.497 e. The molecule has 0 unspecified atom stereocenters. The number of morpholine rings is 1. The third-order valence-corrected chi connectivity index (χ3v) is 5.75. The van der Waals surface area contributed by atoms with Crippen LogP contribution in [0.25, 0.3) is 11.0 Å². The van der Waals surface area contributed by atoms with Gasteiger partial charge in [0.15, 0.2) is 0 Å². The van der Waals surface area contributed by atoms with Gasteiger partial charge in [-0.1, -0.05) is 0 Å². The number of hydrogen-bond donors (Lipinski definition) is 0. The van der Waals surface area contributed by atoms with Crippen LogP contribution >= 0.6 is 0 Å². The molecule has 0 atom stereocenters. The maximum absolute atomic E-state index is 13.1. The number of fused-ring (bicyclic) bond motifs is 1. The molecule has 1 saturated heterocycles. The molecule has 0 spiro atoms. The van der Waals surface area contributed by atoms with Crippen LogP contribution in [0.15, 0.2) is 42.7 Å². The first-order valence-electron chi connectivity index (χ1n) is 10.7. The van der Waals surface area contributed by atoms with Crippen molar-refractivity contribution in [2.75, 3.05) is 40.5 Å². The number of benzene rings is 1. The van der Waals surface area contributed by atoms with Crippen LogP contribution in [-0.4, -0.2) is 60.9 Å². The van der Waals surface area contributed by atoms with Crippen molar-refractivity contribution in [2.45, 2.75) is 25.8 Å². The molecular weight excluding hydrogens is 394 g/mol. The van der Waals surface area contributed by atoms with Gasteiger partial charge in [0.2, 0.25) is 0 Å². The number of carbonyl (C=O) groups is 1. The Morgan fingerprint density at radius 3 is 2.74 bits per heavy atom. The minimum absolute atomic E-state index is 0.0341. The van der Waals surface area contributed by atoms with Crippen LogP contribution in [0, 0.1) is 0 Å². The van der Waals surface area contributed by atoms with E-state index in [1.54, 1.807) is 20.4 Å². The molecule has 0 N–H and O–H groups in total. The van der Waals surface area contributed by atoms with Crippen LogP contribution in [0.4, 0.5) is 0 Å². The third kappa shape index (κ3) is 4.66. The fraction of sp³-hybridized carbons (Fsp3) is 0.417. The Morgan fingerprint density at radius 1 is 1.13 bits per heavy atom. The molecule has 0 aliphatic carbocycles. The summed E-state index contributed by atoms with van der Waals surface area (Å²) in [5.74, 6) is 1.76. The number of methoxy groups -OCH3 is 2. The predicted octanol–water partition coefficient (Wildman–Crippen LogP) is 3.55. The lowest BCUT2D eigenvalue weighted by Gasteiger charge is -2.26. The zero-order chi connectivity index (χ0) is 21.6. The first kappa shape index (κ1) is 21.2.